The van der Waals surface area contributed by atoms with E-state index in [2.05, 4.69) is 0 Å². The van der Waals surface area contributed by atoms with E-state index < -0.39 is 5.54 Å². The molecule has 1 unspecified atom stereocenters. The number of hydrogen-bond acceptors (Lipinski definition) is 3. The molecule has 0 N–H and O–H groups in total. The maximum Gasteiger partial charge on any atom is 0.247 e. The van der Waals surface area contributed by atoms with Crippen LogP contribution in [0.2, 0.25) is 0 Å². The van der Waals surface area contributed by atoms with Crippen molar-refractivity contribution in [3.05, 3.63) is 24.3 Å². The first kappa shape index (κ1) is 17.3. The van der Waals surface area contributed by atoms with Gasteiger partial charge in [-0.05, 0) is 44.5 Å². The summed E-state index contributed by atoms with van der Waals surface area (Å²) < 4.78 is 5.17. The zero-order chi connectivity index (χ0) is 17.2. The van der Waals surface area contributed by atoms with E-state index in [1.165, 1.54) is 0 Å². The second kappa shape index (κ2) is 6.60. The van der Waals surface area contributed by atoms with Crippen LogP contribution in [0.5, 0.6) is 5.75 Å². The first-order chi connectivity index (χ1) is 10.8. The maximum atomic E-state index is 12.7. The largest absolute Gasteiger partial charge is 0.497 e. The Morgan fingerprint density at radius 1 is 1.30 bits per heavy atom. The van der Waals surface area contributed by atoms with Gasteiger partial charge in [0.15, 0.2) is 0 Å². The van der Waals surface area contributed by atoms with Gasteiger partial charge >= 0.3 is 0 Å². The lowest BCUT2D eigenvalue weighted by molar-refractivity contribution is -0.142. The van der Waals surface area contributed by atoms with E-state index in [1.54, 1.807) is 16.9 Å². The van der Waals surface area contributed by atoms with Crippen molar-refractivity contribution in [2.24, 2.45) is 5.92 Å². The SMILES string of the molecule is CCC(C)C(=O)N1CC(=O)N(c2ccc(OC)cc2)C(C)(C)C1. The summed E-state index contributed by atoms with van der Waals surface area (Å²) in [5, 5.41) is 0. The molecule has 0 spiro atoms. The smallest absolute Gasteiger partial charge is 0.247 e. The Kier molecular flexibility index (Phi) is 4.97. The fourth-order valence-corrected chi connectivity index (χ4v) is 3.03. The predicted molar refractivity (Wildman–Crippen MR) is 90.6 cm³/mol. The van der Waals surface area contributed by atoms with Crippen LogP contribution < -0.4 is 9.64 Å². The van der Waals surface area contributed by atoms with Crippen molar-refractivity contribution >= 4 is 17.5 Å². The number of methoxy groups -OCH3 is 1. The number of piperazine rings is 1. The van der Waals surface area contributed by atoms with Gasteiger partial charge < -0.3 is 14.5 Å². The van der Waals surface area contributed by atoms with E-state index in [1.807, 2.05) is 52.0 Å². The van der Waals surface area contributed by atoms with Gasteiger partial charge in [0, 0.05) is 18.2 Å². The van der Waals surface area contributed by atoms with E-state index >= 15 is 0 Å². The number of nitrogens with zero attached hydrogens (tertiary/aromatic N) is 2. The Bertz CT molecular complexity index is 580. The minimum Gasteiger partial charge on any atom is -0.497 e. The summed E-state index contributed by atoms with van der Waals surface area (Å²) in [6.45, 7) is 8.56. The highest BCUT2D eigenvalue weighted by Gasteiger charge is 2.41. The van der Waals surface area contributed by atoms with Crippen molar-refractivity contribution in [3.63, 3.8) is 0 Å². The zero-order valence-electron chi connectivity index (χ0n) is 14.6. The molecule has 23 heavy (non-hydrogen) atoms. The monoisotopic (exact) mass is 318 g/mol. The molecule has 0 aliphatic carbocycles. The van der Waals surface area contributed by atoms with Crippen LogP contribution in [0, 0.1) is 5.92 Å². The summed E-state index contributed by atoms with van der Waals surface area (Å²) in [5.41, 5.74) is 0.379. The Labute approximate surface area is 138 Å². The molecule has 126 valence electrons. The second-order valence-electron chi connectivity index (χ2n) is 6.74. The van der Waals surface area contributed by atoms with E-state index in [4.69, 9.17) is 4.74 Å². The van der Waals surface area contributed by atoms with Crippen molar-refractivity contribution in [2.45, 2.75) is 39.7 Å². The molecule has 1 saturated heterocycles. The normalized spacial score (nSPS) is 18.7. The molecule has 0 saturated carbocycles. The zero-order valence-corrected chi connectivity index (χ0v) is 14.6. The standard InChI is InChI=1S/C18H26N2O3/c1-6-13(2)17(22)19-11-16(21)20(18(3,4)12-19)14-7-9-15(23-5)10-8-14/h7-10,13H,6,11-12H2,1-5H3. The van der Waals surface area contributed by atoms with Gasteiger partial charge in [0.1, 0.15) is 12.3 Å². The number of carbonyl (C=O) groups excluding carboxylic acids is 2. The summed E-state index contributed by atoms with van der Waals surface area (Å²) >= 11 is 0. The van der Waals surface area contributed by atoms with E-state index in [-0.39, 0.29) is 24.3 Å². The van der Waals surface area contributed by atoms with E-state index in [0.717, 1.165) is 17.9 Å². The number of amides is 2. The lowest BCUT2D eigenvalue weighted by atomic mass is 9.95. The van der Waals surface area contributed by atoms with Crippen molar-refractivity contribution in [1.29, 1.82) is 0 Å². The van der Waals surface area contributed by atoms with Crippen LogP contribution >= 0.6 is 0 Å². The third-order valence-corrected chi connectivity index (χ3v) is 4.43. The van der Waals surface area contributed by atoms with Gasteiger partial charge in [0.2, 0.25) is 11.8 Å². The molecule has 5 nitrogen and oxygen atoms in total. The molecule has 5 heteroatoms. The molecule has 1 fully saturated rings. The predicted octanol–water partition coefficient (Wildman–Crippen LogP) is 2.70. The van der Waals surface area contributed by atoms with Crippen LogP contribution in [0.1, 0.15) is 34.1 Å². The Morgan fingerprint density at radius 2 is 1.91 bits per heavy atom. The van der Waals surface area contributed by atoms with Gasteiger partial charge in [-0.2, -0.15) is 0 Å². The average Bonchev–Trinajstić information content (AvgIpc) is 2.52. The van der Waals surface area contributed by atoms with Crippen LogP contribution in [0.3, 0.4) is 0 Å². The van der Waals surface area contributed by atoms with Gasteiger partial charge in [-0.1, -0.05) is 13.8 Å². The fourth-order valence-electron chi connectivity index (χ4n) is 3.03. The molecule has 2 amide bonds. The molecule has 1 aromatic carbocycles. The third-order valence-electron chi connectivity index (χ3n) is 4.43. The van der Waals surface area contributed by atoms with Gasteiger partial charge in [-0.3, -0.25) is 9.59 Å². The maximum absolute atomic E-state index is 12.7. The molecule has 0 radical (unpaired) electrons. The number of ether oxygens (including phenoxy) is 1. The summed E-state index contributed by atoms with van der Waals surface area (Å²) in [7, 11) is 1.61. The molecule has 0 bridgehead atoms. The molecule has 1 aliphatic heterocycles. The van der Waals surface area contributed by atoms with Crippen LogP contribution in [-0.2, 0) is 9.59 Å². The van der Waals surface area contributed by atoms with Gasteiger partial charge in [0.25, 0.3) is 0 Å². The lowest BCUT2D eigenvalue weighted by Gasteiger charge is -2.47. The second-order valence-corrected chi connectivity index (χ2v) is 6.74. The molecular formula is C18H26N2O3. The first-order valence-corrected chi connectivity index (χ1v) is 8.06. The van der Waals surface area contributed by atoms with Crippen LogP contribution in [0.4, 0.5) is 5.69 Å². The molecule has 2 rings (SSSR count). The van der Waals surface area contributed by atoms with Gasteiger partial charge in [-0.15, -0.1) is 0 Å². The van der Waals surface area contributed by atoms with Crippen LogP contribution in [0.25, 0.3) is 0 Å². The Balaban J connectivity index is 2.24. The molecular weight excluding hydrogens is 292 g/mol. The minimum atomic E-state index is -0.451. The first-order valence-electron chi connectivity index (χ1n) is 8.06. The highest BCUT2D eigenvalue weighted by atomic mass is 16.5. The fraction of sp³-hybridized carbons (Fsp3) is 0.556. The minimum absolute atomic E-state index is 0.0499. The van der Waals surface area contributed by atoms with Crippen molar-refractivity contribution < 1.29 is 14.3 Å². The quantitative estimate of drug-likeness (QED) is 0.857. The average molecular weight is 318 g/mol. The number of rotatable bonds is 4. The molecule has 1 aliphatic rings. The highest BCUT2D eigenvalue weighted by Crippen LogP contribution is 2.30. The number of carbonyl (C=O) groups is 2. The third kappa shape index (κ3) is 3.49. The van der Waals surface area contributed by atoms with Gasteiger partial charge in [-0.25, -0.2) is 0 Å². The molecule has 1 aromatic rings. The van der Waals surface area contributed by atoms with Crippen molar-refractivity contribution in [1.82, 2.24) is 4.90 Å². The molecule has 1 atom stereocenters. The summed E-state index contributed by atoms with van der Waals surface area (Å²) in [6, 6.07) is 7.44. The summed E-state index contributed by atoms with van der Waals surface area (Å²) in [6.07, 6.45) is 0.784. The summed E-state index contributed by atoms with van der Waals surface area (Å²) in [5.74, 6) is 0.710. The topological polar surface area (TPSA) is 49.9 Å². The van der Waals surface area contributed by atoms with E-state index in [0.29, 0.717) is 6.54 Å². The Hall–Kier alpha value is -2.04. The van der Waals surface area contributed by atoms with E-state index in [9.17, 15) is 9.59 Å². The van der Waals surface area contributed by atoms with Crippen LogP contribution in [0.15, 0.2) is 24.3 Å². The van der Waals surface area contributed by atoms with Crippen LogP contribution in [-0.4, -0.2) is 42.5 Å². The molecule has 0 aromatic heterocycles. The molecule has 1 heterocycles. The van der Waals surface area contributed by atoms with Gasteiger partial charge in [0.05, 0.1) is 12.6 Å². The van der Waals surface area contributed by atoms with Crippen molar-refractivity contribution in [3.8, 4) is 5.75 Å². The number of hydrogen-bond donors (Lipinski definition) is 0. The Morgan fingerprint density at radius 3 is 2.39 bits per heavy atom. The number of benzene rings is 1. The number of anilines is 1. The lowest BCUT2D eigenvalue weighted by Crippen LogP contribution is -2.64. The van der Waals surface area contributed by atoms with Crippen molar-refractivity contribution in [2.75, 3.05) is 25.1 Å². The highest BCUT2D eigenvalue weighted by molar-refractivity contribution is 5.99. The summed E-state index contributed by atoms with van der Waals surface area (Å²) in [4.78, 5) is 28.6.